The van der Waals surface area contributed by atoms with E-state index in [0.717, 1.165) is 4.90 Å². The number of carbonyl (C=O) groups excluding carboxylic acids is 3. The summed E-state index contributed by atoms with van der Waals surface area (Å²) in [6.45, 7) is 0.000600. The van der Waals surface area contributed by atoms with Crippen LogP contribution in [-0.2, 0) is 4.79 Å². The predicted octanol–water partition coefficient (Wildman–Crippen LogP) is 3.51. The average molecular weight is 417 g/mol. The van der Waals surface area contributed by atoms with E-state index in [0.29, 0.717) is 34.2 Å². The number of aromatic nitrogens is 1. The number of nitrogens with one attached hydrogen (secondary N) is 1. The summed E-state index contributed by atoms with van der Waals surface area (Å²) in [5.74, 6) is 0.344. The number of pyridine rings is 1. The Labute approximate surface area is 178 Å². The van der Waals surface area contributed by atoms with E-state index in [1.807, 2.05) is 12.1 Å². The molecule has 0 fully saturated rings. The summed E-state index contributed by atoms with van der Waals surface area (Å²) in [4.78, 5) is 42.3. The molecular weight excluding hydrogens is 398 g/mol. The van der Waals surface area contributed by atoms with Crippen LogP contribution < -0.4 is 14.8 Å². The van der Waals surface area contributed by atoms with Crippen LogP contribution in [-0.4, -0.2) is 41.3 Å². The van der Waals surface area contributed by atoms with E-state index < -0.39 is 0 Å². The van der Waals surface area contributed by atoms with Gasteiger partial charge in [-0.2, -0.15) is 0 Å². The van der Waals surface area contributed by atoms with Gasteiger partial charge < -0.3 is 14.8 Å². The van der Waals surface area contributed by atoms with Crippen molar-refractivity contribution in [3.63, 3.8) is 0 Å². The SMILES string of the molecule is COc1ccccc1Oc1ccc(NC(=O)CCN2C(=O)c3ccccc3C2=O)cn1. The number of nitrogens with zero attached hydrogens (tertiary/aromatic N) is 2. The molecule has 1 N–H and O–H groups in total. The van der Waals surface area contributed by atoms with Crippen LogP contribution in [0.25, 0.3) is 0 Å². The molecule has 0 unspecified atom stereocenters. The Morgan fingerprint density at radius 3 is 2.19 bits per heavy atom. The zero-order chi connectivity index (χ0) is 21.8. The molecule has 2 aromatic carbocycles. The Morgan fingerprint density at radius 1 is 0.935 bits per heavy atom. The van der Waals surface area contributed by atoms with Crippen LogP contribution >= 0.6 is 0 Å². The molecule has 2 heterocycles. The molecule has 8 heteroatoms. The van der Waals surface area contributed by atoms with E-state index >= 15 is 0 Å². The van der Waals surface area contributed by atoms with Gasteiger partial charge in [0.05, 0.1) is 30.1 Å². The third kappa shape index (κ3) is 4.23. The van der Waals surface area contributed by atoms with Gasteiger partial charge in [-0.25, -0.2) is 4.98 Å². The van der Waals surface area contributed by atoms with Crippen LogP contribution in [0.15, 0.2) is 66.9 Å². The minimum Gasteiger partial charge on any atom is -0.493 e. The van der Waals surface area contributed by atoms with Gasteiger partial charge in [-0.15, -0.1) is 0 Å². The van der Waals surface area contributed by atoms with Gasteiger partial charge in [-0.05, 0) is 30.3 Å². The van der Waals surface area contributed by atoms with E-state index in [4.69, 9.17) is 9.47 Å². The second-order valence-corrected chi connectivity index (χ2v) is 6.74. The summed E-state index contributed by atoms with van der Waals surface area (Å²) in [5, 5.41) is 2.70. The minimum atomic E-state index is -0.382. The molecule has 0 aliphatic carbocycles. The molecule has 1 aromatic heterocycles. The van der Waals surface area contributed by atoms with Gasteiger partial charge in [-0.3, -0.25) is 19.3 Å². The molecule has 31 heavy (non-hydrogen) atoms. The number of methoxy groups -OCH3 is 1. The van der Waals surface area contributed by atoms with Crippen LogP contribution in [0.1, 0.15) is 27.1 Å². The second-order valence-electron chi connectivity index (χ2n) is 6.74. The molecule has 0 radical (unpaired) electrons. The van der Waals surface area contributed by atoms with E-state index in [-0.39, 0.29) is 30.7 Å². The predicted molar refractivity (Wildman–Crippen MR) is 112 cm³/mol. The Bertz CT molecular complexity index is 1110. The van der Waals surface area contributed by atoms with Crippen molar-refractivity contribution >= 4 is 23.4 Å². The first-order chi connectivity index (χ1) is 15.1. The largest absolute Gasteiger partial charge is 0.493 e. The Kier molecular flexibility index (Phi) is 5.61. The normalized spacial score (nSPS) is 12.5. The van der Waals surface area contributed by atoms with Crippen molar-refractivity contribution in [1.82, 2.24) is 9.88 Å². The van der Waals surface area contributed by atoms with Crippen molar-refractivity contribution in [3.05, 3.63) is 78.0 Å². The first-order valence-electron chi connectivity index (χ1n) is 9.59. The monoisotopic (exact) mass is 417 g/mol. The van der Waals surface area contributed by atoms with Gasteiger partial charge in [0.25, 0.3) is 11.8 Å². The second kappa shape index (κ2) is 8.66. The summed E-state index contributed by atoms with van der Waals surface area (Å²) in [6.07, 6.45) is 1.44. The highest BCUT2D eigenvalue weighted by Gasteiger charge is 2.34. The maximum absolute atomic E-state index is 12.4. The molecular formula is C23H19N3O5. The number of hydrogen-bond acceptors (Lipinski definition) is 6. The molecule has 0 spiro atoms. The fourth-order valence-electron chi connectivity index (χ4n) is 3.21. The van der Waals surface area contributed by atoms with E-state index in [1.54, 1.807) is 55.6 Å². The summed E-state index contributed by atoms with van der Waals surface area (Å²) in [6, 6.07) is 17.1. The van der Waals surface area contributed by atoms with E-state index in [1.165, 1.54) is 6.20 Å². The molecule has 156 valence electrons. The minimum absolute atomic E-state index is 0.000600. The van der Waals surface area contributed by atoms with E-state index in [2.05, 4.69) is 10.3 Å². The quantitative estimate of drug-likeness (QED) is 0.591. The fourth-order valence-corrected chi connectivity index (χ4v) is 3.21. The zero-order valence-corrected chi connectivity index (χ0v) is 16.7. The third-order valence-electron chi connectivity index (χ3n) is 4.74. The molecule has 3 amide bonds. The van der Waals surface area contributed by atoms with Crippen molar-refractivity contribution in [2.45, 2.75) is 6.42 Å². The van der Waals surface area contributed by atoms with Crippen molar-refractivity contribution in [2.24, 2.45) is 0 Å². The van der Waals surface area contributed by atoms with Gasteiger partial charge >= 0.3 is 0 Å². The summed E-state index contributed by atoms with van der Waals surface area (Å²) >= 11 is 0. The maximum atomic E-state index is 12.4. The first kappa shape index (κ1) is 20.1. The Hall–Kier alpha value is -4.20. The lowest BCUT2D eigenvalue weighted by molar-refractivity contribution is -0.116. The van der Waals surface area contributed by atoms with Crippen molar-refractivity contribution in [1.29, 1.82) is 0 Å². The van der Waals surface area contributed by atoms with Crippen molar-refractivity contribution in [3.8, 4) is 17.4 Å². The van der Waals surface area contributed by atoms with Gasteiger partial charge in [0.1, 0.15) is 0 Å². The fraction of sp³-hybridized carbons (Fsp3) is 0.130. The lowest BCUT2D eigenvalue weighted by atomic mass is 10.1. The van der Waals surface area contributed by atoms with Crippen LogP contribution in [0.2, 0.25) is 0 Å². The summed E-state index contributed by atoms with van der Waals surface area (Å²) in [7, 11) is 1.55. The maximum Gasteiger partial charge on any atom is 0.261 e. The standard InChI is InChI=1S/C23H19N3O5/c1-30-18-8-4-5-9-19(18)31-21-11-10-15(14-24-21)25-20(27)12-13-26-22(28)16-6-2-3-7-17(16)23(26)29/h2-11,14H,12-13H2,1H3,(H,25,27). The number of fused-ring (bicyclic) bond motifs is 1. The van der Waals surface area contributed by atoms with Crippen LogP contribution in [0, 0.1) is 0 Å². The molecule has 0 saturated carbocycles. The number of rotatable bonds is 7. The summed E-state index contributed by atoms with van der Waals surface area (Å²) in [5.41, 5.74) is 1.20. The third-order valence-corrected chi connectivity index (χ3v) is 4.74. The van der Waals surface area contributed by atoms with Crippen LogP contribution in [0.3, 0.4) is 0 Å². The van der Waals surface area contributed by atoms with Gasteiger partial charge in [-0.1, -0.05) is 24.3 Å². The Balaban J connectivity index is 1.32. The number of para-hydroxylation sites is 2. The molecule has 1 aliphatic rings. The van der Waals surface area contributed by atoms with E-state index in [9.17, 15) is 14.4 Å². The zero-order valence-electron chi connectivity index (χ0n) is 16.7. The highest BCUT2D eigenvalue weighted by Crippen LogP contribution is 2.30. The molecule has 0 bridgehead atoms. The Morgan fingerprint density at radius 2 is 1.58 bits per heavy atom. The van der Waals surface area contributed by atoms with Crippen molar-refractivity contribution < 1.29 is 23.9 Å². The highest BCUT2D eigenvalue weighted by molar-refractivity contribution is 6.21. The number of ether oxygens (including phenoxy) is 2. The average Bonchev–Trinajstić information content (AvgIpc) is 3.04. The van der Waals surface area contributed by atoms with Gasteiger partial charge in [0.15, 0.2) is 11.5 Å². The smallest absolute Gasteiger partial charge is 0.261 e. The number of carbonyl (C=O) groups is 3. The topological polar surface area (TPSA) is 97.8 Å². The first-order valence-corrected chi connectivity index (χ1v) is 9.59. The van der Waals surface area contributed by atoms with Crippen molar-refractivity contribution in [2.75, 3.05) is 19.0 Å². The number of amides is 3. The highest BCUT2D eigenvalue weighted by atomic mass is 16.5. The van der Waals surface area contributed by atoms with Gasteiger partial charge in [0.2, 0.25) is 11.8 Å². The van der Waals surface area contributed by atoms with Gasteiger partial charge in [0, 0.05) is 19.0 Å². The molecule has 1 aliphatic heterocycles. The molecule has 3 aromatic rings. The molecule has 4 rings (SSSR count). The lowest BCUT2D eigenvalue weighted by Crippen LogP contribution is -2.32. The number of benzene rings is 2. The summed E-state index contributed by atoms with van der Waals surface area (Å²) < 4.78 is 10.9. The molecule has 0 saturated heterocycles. The van der Waals surface area contributed by atoms with Crippen LogP contribution in [0.5, 0.6) is 17.4 Å². The number of hydrogen-bond donors (Lipinski definition) is 1. The number of anilines is 1. The lowest BCUT2D eigenvalue weighted by Gasteiger charge is -2.13. The number of imide groups is 1. The molecule has 0 atom stereocenters. The van der Waals surface area contributed by atoms with Crippen LogP contribution in [0.4, 0.5) is 5.69 Å². The molecule has 8 nitrogen and oxygen atoms in total.